The number of benzene rings is 2. The topological polar surface area (TPSA) is 20.7 Å². The number of nitrogens with zero attached hydrogens (tertiary/aromatic N) is 1. The maximum atomic E-state index is 13.7. The minimum Gasteiger partial charge on any atom is -0.330 e. The first-order valence-corrected chi connectivity index (χ1v) is 6.63. The van der Waals surface area contributed by atoms with E-state index >= 15 is 0 Å². The number of nitrogens with one attached hydrogen (secondary N) is 1. The molecule has 3 rings (SSSR count). The van der Waals surface area contributed by atoms with Crippen LogP contribution in [0.15, 0.2) is 30.3 Å². The summed E-state index contributed by atoms with van der Waals surface area (Å²) in [5, 5.41) is -0.00527. The Hall–Kier alpha value is -1.72. The second-order valence-corrected chi connectivity index (χ2v) is 5.23. The van der Waals surface area contributed by atoms with Gasteiger partial charge in [0.25, 0.3) is 0 Å². The number of aromatic nitrogens is 2. The van der Waals surface area contributed by atoms with Gasteiger partial charge in [-0.1, -0.05) is 17.7 Å². The fraction of sp³-hybridized carbons (Fsp3) is 0.0714. The van der Waals surface area contributed by atoms with E-state index in [0.717, 1.165) is 0 Å². The van der Waals surface area contributed by atoms with Crippen LogP contribution >= 0.6 is 23.8 Å². The number of imidazole rings is 1. The molecular weight excluding hydrogens is 302 g/mol. The van der Waals surface area contributed by atoms with Gasteiger partial charge in [0.1, 0.15) is 11.6 Å². The Morgan fingerprint density at radius 1 is 1.20 bits per heavy atom. The summed E-state index contributed by atoms with van der Waals surface area (Å²) in [4.78, 5) is 2.90. The highest BCUT2D eigenvalue weighted by Gasteiger charge is 2.13. The van der Waals surface area contributed by atoms with Gasteiger partial charge in [0.2, 0.25) is 0 Å². The van der Waals surface area contributed by atoms with Crippen LogP contribution in [-0.4, -0.2) is 9.55 Å². The Bertz CT molecular complexity index is 883. The first-order valence-electron chi connectivity index (χ1n) is 5.84. The lowest BCUT2D eigenvalue weighted by molar-refractivity contribution is 0.617. The molecule has 0 saturated heterocycles. The van der Waals surface area contributed by atoms with Crippen molar-refractivity contribution in [2.45, 2.75) is 6.92 Å². The Morgan fingerprint density at radius 2 is 1.95 bits per heavy atom. The van der Waals surface area contributed by atoms with Crippen molar-refractivity contribution < 1.29 is 8.78 Å². The smallest absolute Gasteiger partial charge is 0.182 e. The number of aromatic amines is 1. The van der Waals surface area contributed by atoms with Crippen molar-refractivity contribution in [1.29, 1.82) is 0 Å². The average molecular weight is 311 g/mol. The van der Waals surface area contributed by atoms with Crippen molar-refractivity contribution in [2.75, 3.05) is 0 Å². The first kappa shape index (κ1) is 13.3. The van der Waals surface area contributed by atoms with E-state index in [4.69, 9.17) is 23.8 Å². The monoisotopic (exact) mass is 310 g/mol. The zero-order chi connectivity index (χ0) is 14.4. The predicted octanol–water partition coefficient (Wildman–Crippen LogP) is 4.93. The molecule has 1 aromatic heterocycles. The molecule has 0 aliphatic carbocycles. The number of halogens is 3. The van der Waals surface area contributed by atoms with E-state index in [-0.39, 0.29) is 10.8 Å². The minimum atomic E-state index is -0.529. The van der Waals surface area contributed by atoms with Gasteiger partial charge >= 0.3 is 0 Å². The maximum Gasteiger partial charge on any atom is 0.182 e. The van der Waals surface area contributed by atoms with E-state index in [0.29, 0.717) is 27.1 Å². The van der Waals surface area contributed by atoms with Crippen LogP contribution in [0.4, 0.5) is 8.78 Å². The van der Waals surface area contributed by atoms with Crippen molar-refractivity contribution >= 4 is 34.9 Å². The molecule has 0 atom stereocenters. The molecule has 0 fully saturated rings. The summed E-state index contributed by atoms with van der Waals surface area (Å²) in [6.07, 6.45) is 0. The van der Waals surface area contributed by atoms with Gasteiger partial charge in [-0.15, -0.1) is 0 Å². The zero-order valence-electron chi connectivity index (χ0n) is 10.4. The summed E-state index contributed by atoms with van der Waals surface area (Å²) < 4.78 is 29.2. The highest BCUT2D eigenvalue weighted by atomic mass is 35.5. The van der Waals surface area contributed by atoms with Crippen LogP contribution in [-0.2, 0) is 0 Å². The molecule has 0 radical (unpaired) electrons. The lowest BCUT2D eigenvalue weighted by atomic mass is 10.2. The number of rotatable bonds is 1. The van der Waals surface area contributed by atoms with E-state index in [1.54, 1.807) is 23.6 Å². The van der Waals surface area contributed by atoms with Crippen LogP contribution < -0.4 is 0 Å². The number of hydrogen-bond donors (Lipinski definition) is 1. The van der Waals surface area contributed by atoms with Crippen LogP contribution in [0, 0.1) is 23.3 Å². The fourth-order valence-electron chi connectivity index (χ4n) is 2.18. The Kier molecular flexibility index (Phi) is 3.11. The molecule has 6 heteroatoms. The quantitative estimate of drug-likeness (QED) is 0.632. The van der Waals surface area contributed by atoms with Gasteiger partial charge in [-0.25, -0.2) is 8.78 Å². The lowest BCUT2D eigenvalue weighted by Gasteiger charge is -2.09. The second kappa shape index (κ2) is 4.68. The van der Waals surface area contributed by atoms with E-state index in [1.807, 2.05) is 0 Å². The largest absolute Gasteiger partial charge is 0.330 e. The third-order valence-electron chi connectivity index (χ3n) is 3.20. The average Bonchev–Trinajstić information content (AvgIpc) is 2.69. The second-order valence-electron chi connectivity index (χ2n) is 4.43. The predicted molar refractivity (Wildman–Crippen MR) is 78.1 cm³/mol. The summed E-state index contributed by atoms with van der Waals surface area (Å²) in [5.41, 5.74) is 2.18. The third-order valence-corrected chi connectivity index (χ3v) is 3.78. The van der Waals surface area contributed by atoms with E-state index in [1.165, 1.54) is 18.2 Å². The van der Waals surface area contributed by atoms with E-state index in [2.05, 4.69) is 4.98 Å². The van der Waals surface area contributed by atoms with Gasteiger partial charge < -0.3 is 4.98 Å². The van der Waals surface area contributed by atoms with Gasteiger partial charge in [-0.3, -0.25) is 4.57 Å². The standard InChI is InChI=1S/C14H9ClF2N2S/c1-7-9(16)3-2-4-12(7)19-13-5-8(15)10(17)6-11(13)18-14(19)20/h2-6H,1H3,(H,18,20). The van der Waals surface area contributed by atoms with Crippen molar-refractivity contribution in [3.05, 3.63) is 57.3 Å². The molecule has 0 spiro atoms. The lowest BCUT2D eigenvalue weighted by Crippen LogP contribution is -1.99. The molecule has 0 aliphatic heterocycles. The molecule has 20 heavy (non-hydrogen) atoms. The molecule has 1 heterocycles. The third kappa shape index (κ3) is 1.94. The van der Waals surface area contributed by atoms with Crippen LogP contribution in [0.2, 0.25) is 5.02 Å². The normalized spacial score (nSPS) is 11.2. The molecular formula is C14H9ClF2N2S. The molecule has 0 unspecified atom stereocenters. The van der Waals surface area contributed by atoms with Crippen LogP contribution in [0.25, 0.3) is 16.7 Å². The summed E-state index contributed by atoms with van der Waals surface area (Å²) >= 11 is 11.1. The molecule has 102 valence electrons. The van der Waals surface area contributed by atoms with Crippen molar-refractivity contribution in [2.24, 2.45) is 0 Å². The van der Waals surface area contributed by atoms with E-state index in [9.17, 15) is 8.78 Å². The highest BCUT2D eigenvalue weighted by molar-refractivity contribution is 7.71. The zero-order valence-corrected chi connectivity index (χ0v) is 11.9. The van der Waals surface area contributed by atoms with Gasteiger partial charge in [-0.05, 0) is 37.3 Å². The number of H-pyrrole nitrogens is 1. The SMILES string of the molecule is Cc1c(F)cccc1-n1c(=S)[nH]c2cc(F)c(Cl)cc21. The molecule has 3 aromatic rings. The molecule has 0 aliphatic rings. The minimum absolute atomic E-state index is 0.00527. The van der Waals surface area contributed by atoms with Crippen LogP contribution in [0.5, 0.6) is 0 Å². The summed E-state index contributed by atoms with van der Waals surface area (Å²) in [5.74, 6) is -0.856. The van der Waals surface area contributed by atoms with Gasteiger partial charge in [0, 0.05) is 11.6 Å². The number of fused-ring (bicyclic) bond motifs is 1. The van der Waals surface area contributed by atoms with Gasteiger partial charge in [0.15, 0.2) is 4.77 Å². The van der Waals surface area contributed by atoms with Crippen molar-refractivity contribution in [1.82, 2.24) is 9.55 Å². The molecule has 2 nitrogen and oxygen atoms in total. The Morgan fingerprint density at radius 3 is 2.70 bits per heavy atom. The molecule has 0 bridgehead atoms. The highest BCUT2D eigenvalue weighted by Crippen LogP contribution is 2.27. The molecule has 0 saturated carbocycles. The van der Waals surface area contributed by atoms with E-state index < -0.39 is 5.82 Å². The summed E-state index contributed by atoms with van der Waals surface area (Å²) in [6, 6.07) is 7.48. The van der Waals surface area contributed by atoms with Crippen molar-refractivity contribution in [3.63, 3.8) is 0 Å². The summed E-state index contributed by atoms with van der Waals surface area (Å²) in [6.45, 7) is 1.66. The first-order chi connectivity index (χ1) is 9.49. The Balaban J connectivity index is 2.42. The van der Waals surface area contributed by atoms with Crippen LogP contribution in [0.1, 0.15) is 5.56 Å². The van der Waals surface area contributed by atoms with Gasteiger partial charge in [0.05, 0.1) is 21.7 Å². The fourth-order valence-corrected chi connectivity index (χ4v) is 2.64. The Labute approximate surface area is 123 Å². The molecule has 0 amide bonds. The summed E-state index contributed by atoms with van der Waals surface area (Å²) in [7, 11) is 0. The van der Waals surface area contributed by atoms with Gasteiger partial charge in [-0.2, -0.15) is 0 Å². The molecule has 1 N–H and O–H groups in total. The maximum absolute atomic E-state index is 13.7. The van der Waals surface area contributed by atoms with Crippen molar-refractivity contribution in [3.8, 4) is 5.69 Å². The number of hydrogen-bond acceptors (Lipinski definition) is 1. The molecule has 2 aromatic carbocycles. The van der Waals surface area contributed by atoms with Crippen LogP contribution in [0.3, 0.4) is 0 Å².